The zero-order valence-corrected chi connectivity index (χ0v) is 17.1. The van der Waals surface area contributed by atoms with Crippen LogP contribution >= 0.6 is 24.0 Å². The van der Waals surface area contributed by atoms with Crippen LogP contribution in [0, 0.1) is 0 Å². The van der Waals surface area contributed by atoms with E-state index >= 15 is 0 Å². The number of aromatic nitrogens is 1. The SMILES string of the molecule is CCNC(=NCc1cc2ccccc2[nH]1)NCCN1CCOCC1.I. The van der Waals surface area contributed by atoms with E-state index in [1.807, 2.05) is 6.07 Å². The van der Waals surface area contributed by atoms with E-state index in [1.54, 1.807) is 0 Å². The molecule has 0 spiro atoms. The van der Waals surface area contributed by atoms with Gasteiger partial charge in [0, 0.05) is 43.9 Å². The van der Waals surface area contributed by atoms with Gasteiger partial charge in [-0.1, -0.05) is 18.2 Å². The Bertz CT molecular complexity index is 633. The third-order valence-electron chi connectivity index (χ3n) is 4.16. The first-order valence-electron chi connectivity index (χ1n) is 8.74. The molecule has 0 amide bonds. The van der Waals surface area contributed by atoms with Gasteiger partial charge in [0.25, 0.3) is 0 Å². The van der Waals surface area contributed by atoms with Crippen LogP contribution in [0.1, 0.15) is 12.6 Å². The number of nitrogens with one attached hydrogen (secondary N) is 3. The van der Waals surface area contributed by atoms with Crippen LogP contribution in [-0.4, -0.2) is 61.8 Å². The molecule has 1 aromatic carbocycles. The number of aliphatic imine (C=N–C) groups is 1. The molecule has 138 valence electrons. The van der Waals surface area contributed by atoms with Gasteiger partial charge in [0.15, 0.2) is 5.96 Å². The molecule has 0 bridgehead atoms. The standard InChI is InChI=1S/C18H27N5O.HI/c1-2-19-18(20-7-8-23-9-11-24-12-10-23)21-14-16-13-15-5-3-4-6-17(15)22-16;/h3-6,13,22H,2,7-12,14H2,1H3,(H2,19,20,21);1H. The van der Waals surface area contributed by atoms with E-state index in [9.17, 15) is 0 Å². The zero-order chi connectivity index (χ0) is 16.6. The minimum absolute atomic E-state index is 0. The highest BCUT2D eigenvalue weighted by molar-refractivity contribution is 14.0. The summed E-state index contributed by atoms with van der Waals surface area (Å²) in [6, 6.07) is 10.5. The summed E-state index contributed by atoms with van der Waals surface area (Å²) in [5, 5.41) is 7.95. The number of nitrogens with zero attached hydrogens (tertiary/aromatic N) is 2. The van der Waals surface area contributed by atoms with E-state index in [-0.39, 0.29) is 24.0 Å². The number of fused-ring (bicyclic) bond motifs is 1. The molecule has 1 fully saturated rings. The van der Waals surface area contributed by atoms with Gasteiger partial charge in [-0.3, -0.25) is 4.90 Å². The molecule has 25 heavy (non-hydrogen) atoms. The summed E-state index contributed by atoms with van der Waals surface area (Å²) >= 11 is 0. The molecule has 0 unspecified atom stereocenters. The number of guanidine groups is 1. The Balaban J connectivity index is 0.00000225. The van der Waals surface area contributed by atoms with Crippen molar-refractivity contribution in [1.82, 2.24) is 20.5 Å². The smallest absolute Gasteiger partial charge is 0.191 e. The van der Waals surface area contributed by atoms with Crippen LogP contribution in [0.2, 0.25) is 0 Å². The molecule has 1 saturated heterocycles. The molecule has 0 saturated carbocycles. The van der Waals surface area contributed by atoms with Gasteiger partial charge in [0.1, 0.15) is 0 Å². The van der Waals surface area contributed by atoms with Gasteiger partial charge in [-0.15, -0.1) is 24.0 Å². The molecule has 1 aliphatic rings. The minimum Gasteiger partial charge on any atom is -0.379 e. The molecule has 7 heteroatoms. The number of H-pyrrole nitrogens is 1. The van der Waals surface area contributed by atoms with Crippen molar-refractivity contribution in [2.75, 3.05) is 45.9 Å². The normalized spacial score (nSPS) is 15.8. The summed E-state index contributed by atoms with van der Waals surface area (Å²) in [6.45, 7) is 9.20. The van der Waals surface area contributed by atoms with Crippen LogP contribution in [0.15, 0.2) is 35.3 Å². The minimum atomic E-state index is 0. The Morgan fingerprint density at radius 3 is 2.80 bits per heavy atom. The topological polar surface area (TPSA) is 64.7 Å². The summed E-state index contributed by atoms with van der Waals surface area (Å²) in [5.41, 5.74) is 2.29. The van der Waals surface area contributed by atoms with Crippen molar-refractivity contribution in [2.24, 2.45) is 4.99 Å². The maximum absolute atomic E-state index is 5.38. The number of benzene rings is 1. The number of rotatable bonds is 6. The Morgan fingerprint density at radius 2 is 2.04 bits per heavy atom. The Hall–Kier alpha value is -1.32. The lowest BCUT2D eigenvalue weighted by molar-refractivity contribution is 0.0389. The summed E-state index contributed by atoms with van der Waals surface area (Å²) < 4.78 is 5.38. The molecule has 1 aliphatic heterocycles. The molecule has 1 aromatic heterocycles. The van der Waals surface area contributed by atoms with Crippen molar-refractivity contribution in [2.45, 2.75) is 13.5 Å². The van der Waals surface area contributed by atoms with Crippen LogP contribution < -0.4 is 10.6 Å². The van der Waals surface area contributed by atoms with Crippen molar-refractivity contribution in [3.05, 3.63) is 36.0 Å². The Kier molecular flexibility index (Phi) is 8.50. The molecule has 3 N–H and O–H groups in total. The van der Waals surface area contributed by atoms with Gasteiger partial charge in [-0.05, 0) is 24.4 Å². The fourth-order valence-corrected chi connectivity index (χ4v) is 2.88. The first-order valence-corrected chi connectivity index (χ1v) is 8.74. The third-order valence-corrected chi connectivity index (χ3v) is 4.16. The lowest BCUT2D eigenvalue weighted by atomic mass is 10.2. The number of morpholine rings is 1. The lowest BCUT2D eigenvalue weighted by Crippen LogP contribution is -2.44. The average molecular weight is 457 g/mol. The van der Waals surface area contributed by atoms with Crippen LogP contribution in [-0.2, 0) is 11.3 Å². The quantitative estimate of drug-likeness (QED) is 0.354. The first kappa shape index (κ1) is 20.0. The number of aromatic amines is 1. The monoisotopic (exact) mass is 457 g/mol. The molecule has 0 aliphatic carbocycles. The van der Waals surface area contributed by atoms with Gasteiger partial charge >= 0.3 is 0 Å². The van der Waals surface area contributed by atoms with Gasteiger partial charge in [-0.25, -0.2) is 4.99 Å². The Labute approximate surface area is 166 Å². The molecular weight excluding hydrogens is 429 g/mol. The number of ether oxygens (including phenoxy) is 1. The summed E-state index contributed by atoms with van der Waals surface area (Å²) in [5.74, 6) is 0.865. The average Bonchev–Trinajstić information content (AvgIpc) is 3.03. The van der Waals surface area contributed by atoms with Crippen molar-refractivity contribution >= 4 is 40.8 Å². The summed E-state index contributed by atoms with van der Waals surface area (Å²) in [4.78, 5) is 10.5. The van der Waals surface area contributed by atoms with E-state index in [0.29, 0.717) is 6.54 Å². The van der Waals surface area contributed by atoms with Crippen LogP contribution in [0.25, 0.3) is 10.9 Å². The van der Waals surface area contributed by atoms with Gasteiger partial charge in [0.2, 0.25) is 0 Å². The largest absolute Gasteiger partial charge is 0.379 e. The maximum Gasteiger partial charge on any atom is 0.191 e. The zero-order valence-electron chi connectivity index (χ0n) is 14.8. The fourth-order valence-electron chi connectivity index (χ4n) is 2.88. The van der Waals surface area contributed by atoms with Crippen molar-refractivity contribution in [1.29, 1.82) is 0 Å². The second kappa shape index (κ2) is 10.6. The van der Waals surface area contributed by atoms with Gasteiger partial charge in [0.05, 0.1) is 19.8 Å². The molecule has 0 radical (unpaired) electrons. The van der Waals surface area contributed by atoms with Crippen LogP contribution in [0.3, 0.4) is 0 Å². The van der Waals surface area contributed by atoms with E-state index in [4.69, 9.17) is 4.74 Å². The van der Waals surface area contributed by atoms with E-state index in [2.05, 4.69) is 56.7 Å². The highest BCUT2D eigenvalue weighted by atomic mass is 127. The number of para-hydroxylation sites is 1. The van der Waals surface area contributed by atoms with Crippen LogP contribution in [0.5, 0.6) is 0 Å². The van der Waals surface area contributed by atoms with Gasteiger partial charge < -0.3 is 20.4 Å². The molecule has 6 nitrogen and oxygen atoms in total. The highest BCUT2D eigenvalue weighted by Gasteiger charge is 2.09. The summed E-state index contributed by atoms with van der Waals surface area (Å²) in [7, 11) is 0. The number of hydrogen-bond donors (Lipinski definition) is 3. The van der Waals surface area contributed by atoms with E-state index < -0.39 is 0 Å². The van der Waals surface area contributed by atoms with E-state index in [1.165, 1.54) is 5.39 Å². The second-order valence-electron chi connectivity index (χ2n) is 5.96. The fraction of sp³-hybridized carbons (Fsp3) is 0.500. The predicted molar refractivity (Wildman–Crippen MR) is 114 cm³/mol. The highest BCUT2D eigenvalue weighted by Crippen LogP contribution is 2.14. The Morgan fingerprint density at radius 1 is 1.24 bits per heavy atom. The van der Waals surface area contributed by atoms with E-state index in [0.717, 1.165) is 63.1 Å². The van der Waals surface area contributed by atoms with Crippen molar-refractivity contribution in [3.8, 4) is 0 Å². The summed E-state index contributed by atoms with van der Waals surface area (Å²) in [6.07, 6.45) is 0. The lowest BCUT2D eigenvalue weighted by Gasteiger charge is -2.26. The predicted octanol–water partition coefficient (Wildman–Crippen LogP) is 2.17. The van der Waals surface area contributed by atoms with Crippen molar-refractivity contribution < 1.29 is 4.74 Å². The number of hydrogen-bond acceptors (Lipinski definition) is 3. The van der Waals surface area contributed by atoms with Gasteiger partial charge in [-0.2, -0.15) is 0 Å². The first-order chi connectivity index (χ1) is 11.8. The maximum atomic E-state index is 5.38. The molecule has 3 rings (SSSR count). The third kappa shape index (κ3) is 6.16. The number of halogens is 1. The molecule has 0 atom stereocenters. The molecular formula is C18H28IN5O. The molecule has 2 heterocycles. The van der Waals surface area contributed by atoms with Crippen LogP contribution in [0.4, 0.5) is 0 Å². The molecule has 2 aromatic rings. The second-order valence-corrected chi connectivity index (χ2v) is 5.96. The van der Waals surface area contributed by atoms with Crippen molar-refractivity contribution in [3.63, 3.8) is 0 Å².